The van der Waals surface area contributed by atoms with E-state index in [0.29, 0.717) is 18.8 Å². The van der Waals surface area contributed by atoms with E-state index >= 15 is 0 Å². The first-order valence-electron chi connectivity index (χ1n) is 8.15. The summed E-state index contributed by atoms with van der Waals surface area (Å²) in [5.74, 6) is -0.432. The zero-order chi connectivity index (χ0) is 16.4. The standard InChI is InChI=1S/C17H23FN2O3/c1-23-12-5-6-13(14(18)11-12)17(22)20-9-7-19(8-10-20)15-3-2-4-16(15)21/h5-6,11,15-16,21H,2-4,7-10H2,1H3/t15-,16-/m0/s1. The maximum Gasteiger partial charge on any atom is 0.256 e. The molecule has 1 amide bonds. The molecule has 3 rings (SSSR count). The van der Waals surface area contributed by atoms with Crippen LogP contribution in [0, 0.1) is 5.82 Å². The second kappa shape index (κ2) is 6.84. The molecule has 2 aliphatic rings. The molecule has 126 valence electrons. The van der Waals surface area contributed by atoms with Crippen molar-refractivity contribution in [1.29, 1.82) is 0 Å². The molecule has 1 aromatic carbocycles. The highest BCUT2D eigenvalue weighted by molar-refractivity contribution is 5.94. The lowest BCUT2D eigenvalue weighted by atomic mass is 10.1. The number of carbonyl (C=O) groups is 1. The first-order valence-corrected chi connectivity index (χ1v) is 8.15. The fourth-order valence-electron chi connectivity index (χ4n) is 3.57. The van der Waals surface area contributed by atoms with E-state index in [4.69, 9.17) is 4.74 Å². The van der Waals surface area contributed by atoms with Crippen LogP contribution < -0.4 is 4.74 Å². The molecule has 0 unspecified atom stereocenters. The van der Waals surface area contributed by atoms with Crippen LogP contribution in [0.1, 0.15) is 29.6 Å². The number of aliphatic hydroxyl groups excluding tert-OH is 1. The molecule has 5 nitrogen and oxygen atoms in total. The van der Waals surface area contributed by atoms with Crippen LogP contribution in [0.3, 0.4) is 0 Å². The molecule has 2 fully saturated rings. The third-order valence-corrected chi connectivity index (χ3v) is 4.92. The monoisotopic (exact) mass is 322 g/mol. The first-order chi connectivity index (χ1) is 11.1. The summed E-state index contributed by atoms with van der Waals surface area (Å²) in [5, 5.41) is 10.00. The molecule has 6 heteroatoms. The Morgan fingerprint density at radius 3 is 2.57 bits per heavy atom. The summed E-state index contributed by atoms with van der Waals surface area (Å²) < 4.78 is 19.0. The van der Waals surface area contributed by atoms with Gasteiger partial charge in [-0.3, -0.25) is 9.69 Å². The summed E-state index contributed by atoms with van der Waals surface area (Å²) in [6.45, 7) is 2.58. The Kier molecular flexibility index (Phi) is 4.82. The number of methoxy groups -OCH3 is 1. The predicted octanol–water partition coefficient (Wildman–Crippen LogP) is 1.51. The summed E-state index contributed by atoms with van der Waals surface area (Å²) in [6.07, 6.45) is 2.68. The van der Waals surface area contributed by atoms with Crippen molar-refractivity contribution in [3.8, 4) is 5.75 Å². The minimum atomic E-state index is -0.553. The van der Waals surface area contributed by atoms with Crippen LogP contribution in [-0.4, -0.2) is 66.2 Å². The molecule has 1 aliphatic carbocycles. The van der Waals surface area contributed by atoms with E-state index in [-0.39, 0.29) is 23.6 Å². The number of nitrogens with zero attached hydrogens (tertiary/aromatic N) is 2. The number of halogens is 1. The SMILES string of the molecule is COc1ccc(C(=O)N2CCN([C@H]3CCC[C@@H]3O)CC2)c(F)c1. The molecule has 1 aromatic rings. The minimum absolute atomic E-state index is 0.0835. The number of hydrogen-bond acceptors (Lipinski definition) is 4. The molecule has 1 saturated heterocycles. The molecule has 1 heterocycles. The van der Waals surface area contributed by atoms with E-state index in [0.717, 1.165) is 32.4 Å². The van der Waals surface area contributed by atoms with Crippen molar-refractivity contribution in [2.24, 2.45) is 0 Å². The number of benzene rings is 1. The Balaban J connectivity index is 1.62. The number of carbonyl (C=O) groups excluding carboxylic acids is 1. The van der Waals surface area contributed by atoms with Gasteiger partial charge in [-0.05, 0) is 31.4 Å². The third kappa shape index (κ3) is 3.33. The first kappa shape index (κ1) is 16.2. The van der Waals surface area contributed by atoms with Crippen LogP contribution in [-0.2, 0) is 0 Å². The van der Waals surface area contributed by atoms with Gasteiger partial charge in [-0.25, -0.2) is 4.39 Å². The minimum Gasteiger partial charge on any atom is -0.497 e. The molecule has 0 spiro atoms. The molecular weight excluding hydrogens is 299 g/mol. The zero-order valence-corrected chi connectivity index (χ0v) is 13.4. The van der Waals surface area contributed by atoms with Crippen molar-refractivity contribution in [2.75, 3.05) is 33.3 Å². The van der Waals surface area contributed by atoms with Gasteiger partial charge in [0.05, 0.1) is 18.8 Å². The van der Waals surface area contributed by atoms with Crippen molar-refractivity contribution in [3.05, 3.63) is 29.6 Å². The van der Waals surface area contributed by atoms with E-state index in [2.05, 4.69) is 4.90 Å². The normalized spacial score (nSPS) is 25.6. The van der Waals surface area contributed by atoms with Crippen molar-refractivity contribution in [3.63, 3.8) is 0 Å². The van der Waals surface area contributed by atoms with Gasteiger partial charge in [-0.1, -0.05) is 0 Å². The average molecular weight is 322 g/mol. The molecule has 23 heavy (non-hydrogen) atoms. The van der Waals surface area contributed by atoms with Gasteiger partial charge in [-0.15, -0.1) is 0 Å². The number of piperazine rings is 1. The van der Waals surface area contributed by atoms with Gasteiger partial charge in [0.25, 0.3) is 5.91 Å². The summed E-state index contributed by atoms with van der Waals surface area (Å²) in [4.78, 5) is 16.4. The van der Waals surface area contributed by atoms with Crippen molar-refractivity contribution < 1.29 is 19.0 Å². The van der Waals surface area contributed by atoms with Gasteiger partial charge in [-0.2, -0.15) is 0 Å². The highest BCUT2D eigenvalue weighted by atomic mass is 19.1. The van der Waals surface area contributed by atoms with E-state index in [9.17, 15) is 14.3 Å². The average Bonchev–Trinajstić information content (AvgIpc) is 3.00. The Morgan fingerprint density at radius 1 is 1.26 bits per heavy atom. The van der Waals surface area contributed by atoms with E-state index in [1.54, 1.807) is 11.0 Å². The highest BCUT2D eigenvalue weighted by Gasteiger charge is 2.33. The molecule has 1 aliphatic heterocycles. The van der Waals surface area contributed by atoms with Crippen LogP contribution in [0.25, 0.3) is 0 Å². The fourth-order valence-corrected chi connectivity index (χ4v) is 3.57. The van der Waals surface area contributed by atoms with Crippen LogP contribution >= 0.6 is 0 Å². The topological polar surface area (TPSA) is 53.0 Å². The molecule has 1 N–H and O–H groups in total. The molecule has 0 bridgehead atoms. The molecule has 2 atom stereocenters. The Bertz CT molecular complexity index is 573. The van der Waals surface area contributed by atoms with Gasteiger partial charge >= 0.3 is 0 Å². The largest absolute Gasteiger partial charge is 0.497 e. The number of amides is 1. The van der Waals surface area contributed by atoms with Crippen LogP contribution in [0.4, 0.5) is 4.39 Å². The van der Waals surface area contributed by atoms with Crippen molar-refractivity contribution in [2.45, 2.75) is 31.4 Å². The maximum atomic E-state index is 14.0. The molecule has 0 aromatic heterocycles. The lowest BCUT2D eigenvalue weighted by molar-refractivity contribution is 0.0313. The second-order valence-corrected chi connectivity index (χ2v) is 6.24. The van der Waals surface area contributed by atoms with Crippen molar-refractivity contribution in [1.82, 2.24) is 9.80 Å². The Morgan fingerprint density at radius 2 is 2.00 bits per heavy atom. The van der Waals surface area contributed by atoms with E-state index < -0.39 is 5.82 Å². The van der Waals surface area contributed by atoms with Gasteiger partial charge < -0.3 is 14.7 Å². The Labute approximate surface area is 135 Å². The molecule has 1 saturated carbocycles. The van der Waals surface area contributed by atoms with Gasteiger partial charge in [0.1, 0.15) is 11.6 Å². The smallest absolute Gasteiger partial charge is 0.256 e. The zero-order valence-electron chi connectivity index (χ0n) is 13.4. The number of ether oxygens (including phenoxy) is 1. The predicted molar refractivity (Wildman–Crippen MR) is 84.1 cm³/mol. The second-order valence-electron chi connectivity index (χ2n) is 6.24. The summed E-state index contributed by atoms with van der Waals surface area (Å²) in [7, 11) is 1.47. The molecular formula is C17H23FN2O3. The number of aliphatic hydroxyl groups is 1. The van der Waals surface area contributed by atoms with Crippen LogP contribution in [0.2, 0.25) is 0 Å². The summed E-state index contributed by atoms with van der Waals surface area (Å²) in [5.41, 5.74) is 0.0835. The van der Waals surface area contributed by atoms with Gasteiger partial charge in [0, 0.05) is 38.3 Å². The van der Waals surface area contributed by atoms with E-state index in [1.165, 1.54) is 19.2 Å². The van der Waals surface area contributed by atoms with Gasteiger partial charge in [0.15, 0.2) is 0 Å². The number of rotatable bonds is 3. The maximum absolute atomic E-state index is 14.0. The van der Waals surface area contributed by atoms with Crippen molar-refractivity contribution >= 4 is 5.91 Å². The lowest BCUT2D eigenvalue weighted by Gasteiger charge is -2.39. The summed E-state index contributed by atoms with van der Waals surface area (Å²) >= 11 is 0. The lowest BCUT2D eigenvalue weighted by Crippen LogP contribution is -2.53. The number of hydrogen-bond donors (Lipinski definition) is 1. The van der Waals surface area contributed by atoms with Crippen LogP contribution in [0.5, 0.6) is 5.75 Å². The van der Waals surface area contributed by atoms with Gasteiger partial charge in [0.2, 0.25) is 0 Å². The third-order valence-electron chi connectivity index (χ3n) is 4.92. The van der Waals surface area contributed by atoms with Crippen LogP contribution in [0.15, 0.2) is 18.2 Å². The van der Waals surface area contributed by atoms with E-state index in [1.807, 2.05) is 0 Å². The highest BCUT2D eigenvalue weighted by Crippen LogP contribution is 2.25. The summed E-state index contributed by atoms with van der Waals surface area (Å²) in [6, 6.07) is 4.52. The molecule has 0 radical (unpaired) electrons. The quantitative estimate of drug-likeness (QED) is 0.916. The Hall–Kier alpha value is -1.66. The fraction of sp³-hybridized carbons (Fsp3) is 0.588.